The van der Waals surface area contributed by atoms with E-state index < -0.39 is 0 Å². The van der Waals surface area contributed by atoms with Gasteiger partial charge in [0.25, 0.3) is 0 Å². The predicted molar refractivity (Wildman–Crippen MR) is 73.2 cm³/mol. The largest absolute Gasteiger partial charge is 0.308 e. The van der Waals surface area contributed by atoms with Crippen molar-refractivity contribution in [2.24, 2.45) is 0 Å². The number of aromatic nitrogens is 1. The zero-order valence-corrected chi connectivity index (χ0v) is 10.7. The van der Waals surface area contributed by atoms with E-state index in [0.29, 0.717) is 12.0 Å². The standard InChI is InChI=1S/C16H17FN2/c17-14-6-4-12(5-7-14)13-9-16(10-13)19-11-15-3-1-2-8-18-15/h1-8,13,16,19H,9-11H2. The number of hydrogen-bond donors (Lipinski definition) is 1. The molecule has 3 heteroatoms. The average Bonchev–Trinajstić information content (AvgIpc) is 2.40. The molecule has 0 amide bonds. The van der Waals surface area contributed by atoms with Crippen molar-refractivity contribution >= 4 is 0 Å². The summed E-state index contributed by atoms with van der Waals surface area (Å²) in [5.74, 6) is 0.412. The van der Waals surface area contributed by atoms with Crippen LogP contribution in [0, 0.1) is 5.82 Å². The summed E-state index contributed by atoms with van der Waals surface area (Å²) in [6, 6.07) is 13.4. The van der Waals surface area contributed by atoms with E-state index in [1.54, 1.807) is 12.1 Å². The Morgan fingerprint density at radius 1 is 1.11 bits per heavy atom. The maximum Gasteiger partial charge on any atom is 0.123 e. The predicted octanol–water partition coefficient (Wildman–Crippen LogP) is 3.26. The minimum absolute atomic E-state index is 0.159. The fourth-order valence-electron chi connectivity index (χ4n) is 2.54. The first-order valence-corrected chi connectivity index (χ1v) is 6.70. The fourth-order valence-corrected chi connectivity index (χ4v) is 2.54. The van der Waals surface area contributed by atoms with Crippen molar-refractivity contribution in [2.75, 3.05) is 0 Å². The molecule has 98 valence electrons. The second-order valence-corrected chi connectivity index (χ2v) is 5.12. The summed E-state index contributed by atoms with van der Waals surface area (Å²) in [7, 11) is 0. The van der Waals surface area contributed by atoms with Crippen molar-refractivity contribution in [2.45, 2.75) is 31.3 Å². The number of benzene rings is 1. The third-order valence-corrected chi connectivity index (χ3v) is 3.78. The molecular weight excluding hydrogens is 239 g/mol. The van der Waals surface area contributed by atoms with Gasteiger partial charge < -0.3 is 5.32 Å². The van der Waals surface area contributed by atoms with Crippen molar-refractivity contribution in [1.82, 2.24) is 10.3 Å². The van der Waals surface area contributed by atoms with Gasteiger partial charge in [-0.1, -0.05) is 18.2 Å². The number of pyridine rings is 1. The highest BCUT2D eigenvalue weighted by Crippen LogP contribution is 2.36. The first-order valence-electron chi connectivity index (χ1n) is 6.70. The Morgan fingerprint density at radius 3 is 2.58 bits per heavy atom. The van der Waals surface area contributed by atoms with E-state index in [0.717, 1.165) is 25.1 Å². The van der Waals surface area contributed by atoms with Gasteiger partial charge in [-0.15, -0.1) is 0 Å². The molecule has 1 N–H and O–H groups in total. The monoisotopic (exact) mass is 256 g/mol. The maximum absolute atomic E-state index is 12.8. The van der Waals surface area contributed by atoms with Gasteiger partial charge in [0.05, 0.1) is 5.69 Å². The summed E-state index contributed by atoms with van der Waals surface area (Å²) in [6.45, 7) is 0.821. The third-order valence-electron chi connectivity index (χ3n) is 3.78. The van der Waals surface area contributed by atoms with Crippen LogP contribution in [-0.4, -0.2) is 11.0 Å². The number of nitrogens with one attached hydrogen (secondary N) is 1. The molecule has 1 fully saturated rings. The van der Waals surface area contributed by atoms with E-state index in [1.165, 1.54) is 5.56 Å². The molecule has 0 spiro atoms. The SMILES string of the molecule is Fc1ccc(C2CC(NCc3ccccn3)C2)cc1. The normalized spacial score (nSPS) is 21.9. The van der Waals surface area contributed by atoms with Gasteiger partial charge in [-0.25, -0.2) is 4.39 Å². The van der Waals surface area contributed by atoms with Crippen LogP contribution in [0.4, 0.5) is 4.39 Å². The lowest BCUT2D eigenvalue weighted by Gasteiger charge is -2.36. The first-order chi connectivity index (χ1) is 9.31. The van der Waals surface area contributed by atoms with Crippen LogP contribution in [0.25, 0.3) is 0 Å². The van der Waals surface area contributed by atoms with Gasteiger partial charge in [0, 0.05) is 18.8 Å². The number of hydrogen-bond acceptors (Lipinski definition) is 2. The number of rotatable bonds is 4. The highest BCUT2D eigenvalue weighted by molar-refractivity contribution is 5.23. The van der Waals surface area contributed by atoms with Crippen LogP contribution in [0.3, 0.4) is 0 Å². The van der Waals surface area contributed by atoms with E-state index in [9.17, 15) is 4.39 Å². The Morgan fingerprint density at radius 2 is 1.89 bits per heavy atom. The minimum Gasteiger partial charge on any atom is -0.308 e. The molecule has 0 atom stereocenters. The topological polar surface area (TPSA) is 24.9 Å². The van der Waals surface area contributed by atoms with E-state index in [2.05, 4.69) is 10.3 Å². The molecular formula is C16H17FN2. The summed E-state index contributed by atoms with van der Waals surface area (Å²) in [4.78, 5) is 4.29. The highest BCUT2D eigenvalue weighted by atomic mass is 19.1. The van der Waals surface area contributed by atoms with Crippen molar-refractivity contribution in [1.29, 1.82) is 0 Å². The van der Waals surface area contributed by atoms with Crippen LogP contribution in [0.5, 0.6) is 0 Å². The molecule has 3 rings (SSSR count). The minimum atomic E-state index is -0.159. The Hall–Kier alpha value is -1.74. The van der Waals surface area contributed by atoms with Crippen molar-refractivity contribution in [3.05, 3.63) is 65.7 Å². The Bertz CT molecular complexity index is 518. The fraction of sp³-hybridized carbons (Fsp3) is 0.312. The van der Waals surface area contributed by atoms with Crippen LogP contribution in [0.15, 0.2) is 48.7 Å². The Balaban J connectivity index is 1.47. The van der Waals surface area contributed by atoms with Crippen LogP contribution in [-0.2, 0) is 6.54 Å². The second kappa shape index (κ2) is 5.49. The summed E-state index contributed by atoms with van der Waals surface area (Å²) in [6.07, 6.45) is 4.07. The molecule has 0 saturated heterocycles. The molecule has 1 saturated carbocycles. The van der Waals surface area contributed by atoms with Crippen molar-refractivity contribution < 1.29 is 4.39 Å². The molecule has 1 heterocycles. The Kier molecular flexibility index (Phi) is 3.56. The maximum atomic E-state index is 12.8. The summed E-state index contributed by atoms with van der Waals surface area (Å²) in [5.41, 5.74) is 2.32. The molecule has 1 aliphatic rings. The van der Waals surface area contributed by atoms with E-state index >= 15 is 0 Å². The molecule has 2 aromatic rings. The first kappa shape index (κ1) is 12.3. The van der Waals surface area contributed by atoms with Gasteiger partial charge in [0.15, 0.2) is 0 Å². The zero-order valence-electron chi connectivity index (χ0n) is 10.7. The summed E-state index contributed by atoms with van der Waals surface area (Å²) in [5, 5.41) is 3.51. The molecule has 1 aromatic carbocycles. The quantitative estimate of drug-likeness (QED) is 0.908. The number of halogens is 1. The van der Waals surface area contributed by atoms with Gasteiger partial charge in [-0.2, -0.15) is 0 Å². The van der Waals surface area contributed by atoms with E-state index in [1.807, 2.05) is 36.5 Å². The molecule has 0 unspecified atom stereocenters. The van der Waals surface area contributed by atoms with Crippen LogP contribution in [0.1, 0.15) is 30.0 Å². The van der Waals surface area contributed by atoms with Gasteiger partial charge in [0.2, 0.25) is 0 Å². The lowest BCUT2D eigenvalue weighted by atomic mass is 9.76. The molecule has 0 radical (unpaired) electrons. The van der Waals surface area contributed by atoms with E-state index in [-0.39, 0.29) is 5.82 Å². The summed E-state index contributed by atoms with van der Waals surface area (Å²) < 4.78 is 12.8. The van der Waals surface area contributed by atoms with Gasteiger partial charge in [-0.05, 0) is 48.6 Å². The smallest absolute Gasteiger partial charge is 0.123 e. The van der Waals surface area contributed by atoms with Crippen molar-refractivity contribution in [3.8, 4) is 0 Å². The molecule has 2 nitrogen and oxygen atoms in total. The molecule has 19 heavy (non-hydrogen) atoms. The Labute approximate surface area is 112 Å². The zero-order chi connectivity index (χ0) is 13.1. The average molecular weight is 256 g/mol. The highest BCUT2D eigenvalue weighted by Gasteiger charge is 2.29. The van der Waals surface area contributed by atoms with Crippen LogP contribution >= 0.6 is 0 Å². The molecule has 0 bridgehead atoms. The molecule has 1 aromatic heterocycles. The van der Waals surface area contributed by atoms with Crippen LogP contribution in [0.2, 0.25) is 0 Å². The lowest BCUT2D eigenvalue weighted by molar-refractivity contribution is 0.288. The second-order valence-electron chi connectivity index (χ2n) is 5.12. The van der Waals surface area contributed by atoms with Crippen molar-refractivity contribution in [3.63, 3.8) is 0 Å². The van der Waals surface area contributed by atoms with E-state index in [4.69, 9.17) is 0 Å². The summed E-state index contributed by atoms with van der Waals surface area (Å²) >= 11 is 0. The third kappa shape index (κ3) is 2.99. The lowest BCUT2D eigenvalue weighted by Crippen LogP contribution is -2.39. The van der Waals surface area contributed by atoms with Gasteiger partial charge >= 0.3 is 0 Å². The van der Waals surface area contributed by atoms with Gasteiger partial charge in [-0.3, -0.25) is 4.98 Å². The number of nitrogens with zero attached hydrogens (tertiary/aromatic N) is 1. The van der Waals surface area contributed by atoms with Crippen LogP contribution < -0.4 is 5.32 Å². The molecule has 1 aliphatic carbocycles. The molecule has 0 aliphatic heterocycles. The van der Waals surface area contributed by atoms with Gasteiger partial charge in [0.1, 0.15) is 5.82 Å².